The van der Waals surface area contributed by atoms with Crippen LogP contribution in [-0.2, 0) is 0 Å². The van der Waals surface area contributed by atoms with Gasteiger partial charge in [0.25, 0.3) is 0 Å². The van der Waals surface area contributed by atoms with E-state index >= 15 is 0 Å². The van der Waals surface area contributed by atoms with Gasteiger partial charge in [0.2, 0.25) is 11.9 Å². The number of nitrogens with zero attached hydrogens (tertiary/aromatic N) is 3. The van der Waals surface area contributed by atoms with E-state index in [9.17, 15) is 5.11 Å². The molecule has 4 N–H and O–H groups in total. The van der Waals surface area contributed by atoms with Crippen LogP contribution in [0.5, 0.6) is 0 Å². The second kappa shape index (κ2) is 6.14. The van der Waals surface area contributed by atoms with Gasteiger partial charge in [-0.1, -0.05) is 32.1 Å². The van der Waals surface area contributed by atoms with Crippen LogP contribution in [0.25, 0.3) is 0 Å². The van der Waals surface area contributed by atoms with Gasteiger partial charge in [0.05, 0.1) is 5.60 Å². The van der Waals surface area contributed by atoms with E-state index in [-0.39, 0.29) is 5.95 Å². The van der Waals surface area contributed by atoms with Gasteiger partial charge in [-0.3, -0.25) is 0 Å². The molecular formula is C13H23N5O. The summed E-state index contributed by atoms with van der Waals surface area (Å²) >= 11 is 0. The van der Waals surface area contributed by atoms with Crippen LogP contribution in [0.2, 0.25) is 0 Å². The number of rotatable bonds is 5. The first kappa shape index (κ1) is 14.0. The summed E-state index contributed by atoms with van der Waals surface area (Å²) in [6.45, 7) is 2.28. The Morgan fingerprint density at radius 2 is 2.11 bits per heavy atom. The SMILES string of the molecule is CC(O)(CNc1ncnc(N)n1)CC1CCCCC1. The molecule has 2 rings (SSSR count). The zero-order chi connectivity index (χ0) is 13.7. The number of hydrogen-bond acceptors (Lipinski definition) is 6. The molecule has 1 heterocycles. The molecule has 0 bridgehead atoms. The number of nitrogens with two attached hydrogens (primary N) is 1. The highest BCUT2D eigenvalue weighted by molar-refractivity contribution is 5.29. The summed E-state index contributed by atoms with van der Waals surface area (Å²) in [6.07, 6.45) is 8.56. The summed E-state index contributed by atoms with van der Waals surface area (Å²) in [6, 6.07) is 0. The summed E-state index contributed by atoms with van der Waals surface area (Å²) < 4.78 is 0. The molecule has 0 saturated heterocycles. The molecule has 1 aromatic heterocycles. The molecule has 1 fully saturated rings. The van der Waals surface area contributed by atoms with Gasteiger partial charge in [-0.15, -0.1) is 0 Å². The lowest BCUT2D eigenvalue weighted by molar-refractivity contribution is 0.0398. The first-order chi connectivity index (χ1) is 9.05. The van der Waals surface area contributed by atoms with E-state index in [1.165, 1.54) is 38.4 Å². The molecule has 1 aliphatic rings. The maximum atomic E-state index is 10.4. The minimum atomic E-state index is -0.747. The maximum Gasteiger partial charge on any atom is 0.227 e. The molecule has 0 aromatic carbocycles. The predicted molar refractivity (Wildman–Crippen MR) is 74.5 cm³/mol. The third-order valence-electron chi connectivity index (χ3n) is 3.67. The van der Waals surface area contributed by atoms with Crippen molar-refractivity contribution >= 4 is 11.9 Å². The van der Waals surface area contributed by atoms with Gasteiger partial charge in [0.1, 0.15) is 6.33 Å². The Bertz CT molecular complexity index is 404. The fourth-order valence-corrected chi connectivity index (χ4v) is 2.75. The number of aromatic nitrogens is 3. The first-order valence-corrected chi connectivity index (χ1v) is 6.96. The highest BCUT2D eigenvalue weighted by Gasteiger charge is 2.26. The van der Waals surface area contributed by atoms with Gasteiger partial charge >= 0.3 is 0 Å². The van der Waals surface area contributed by atoms with E-state index in [0.29, 0.717) is 18.4 Å². The Hall–Kier alpha value is -1.43. The van der Waals surface area contributed by atoms with Crippen LogP contribution >= 0.6 is 0 Å². The molecule has 0 amide bonds. The van der Waals surface area contributed by atoms with Gasteiger partial charge in [-0.25, -0.2) is 9.97 Å². The molecular weight excluding hydrogens is 242 g/mol. The zero-order valence-corrected chi connectivity index (χ0v) is 11.5. The number of hydrogen-bond donors (Lipinski definition) is 3. The summed E-state index contributed by atoms with van der Waals surface area (Å²) in [5.74, 6) is 1.23. The monoisotopic (exact) mass is 265 g/mol. The van der Waals surface area contributed by atoms with E-state index < -0.39 is 5.60 Å². The molecule has 1 unspecified atom stereocenters. The summed E-state index contributed by atoms with van der Waals surface area (Å²) in [4.78, 5) is 11.7. The van der Waals surface area contributed by atoms with Gasteiger partial charge < -0.3 is 16.2 Å². The number of nitrogens with one attached hydrogen (secondary N) is 1. The fraction of sp³-hybridized carbons (Fsp3) is 0.769. The normalized spacial score (nSPS) is 19.9. The second-order valence-corrected chi connectivity index (χ2v) is 5.73. The Labute approximate surface area is 113 Å². The lowest BCUT2D eigenvalue weighted by Gasteiger charge is -2.30. The molecule has 0 radical (unpaired) electrons. The van der Waals surface area contributed by atoms with Gasteiger partial charge in [-0.05, 0) is 19.3 Å². The topological polar surface area (TPSA) is 97.0 Å². The molecule has 6 nitrogen and oxygen atoms in total. The van der Waals surface area contributed by atoms with E-state index in [1.54, 1.807) is 0 Å². The Balaban J connectivity index is 1.82. The predicted octanol–water partition coefficient (Wildman–Crippen LogP) is 1.59. The van der Waals surface area contributed by atoms with E-state index in [2.05, 4.69) is 20.3 Å². The van der Waals surface area contributed by atoms with E-state index in [1.807, 2.05) is 6.92 Å². The maximum absolute atomic E-state index is 10.4. The van der Waals surface area contributed by atoms with Crippen LogP contribution in [0.4, 0.5) is 11.9 Å². The lowest BCUT2D eigenvalue weighted by atomic mass is 9.81. The Morgan fingerprint density at radius 3 is 2.79 bits per heavy atom. The number of anilines is 2. The summed E-state index contributed by atoms with van der Waals surface area (Å²) in [5.41, 5.74) is 4.74. The Kier molecular flexibility index (Phi) is 4.52. The molecule has 106 valence electrons. The van der Waals surface area contributed by atoms with Crippen molar-refractivity contribution in [3.8, 4) is 0 Å². The van der Waals surface area contributed by atoms with Crippen molar-refractivity contribution in [1.82, 2.24) is 15.0 Å². The molecule has 1 saturated carbocycles. The quantitative estimate of drug-likeness (QED) is 0.748. The van der Waals surface area contributed by atoms with Crippen LogP contribution in [-0.4, -0.2) is 32.2 Å². The average Bonchev–Trinajstić information content (AvgIpc) is 2.37. The van der Waals surface area contributed by atoms with E-state index in [4.69, 9.17) is 5.73 Å². The van der Waals surface area contributed by atoms with Gasteiger partial charge in [0, 0.05) is 6.54 Å². The third kappa shape index (κ3) is 4.63. The van der Waals surface area contributed by atoms with Gasteiger partial charge in [-0.2, -0.15) is 4.98 Å². The van der Waals surface area contributed by atoms with Crippen molar-refractivity contribution in [1.29, 1.82) is 0 Å². The average molecular weight is 265 g/mol. The largest absolute Gasteiger partial charge is 0.388 e. The molecule has 0 spiro atoms. The summed E-state index contributed by atoms with van der Waals surface area (Å²) in [5, 5.41) is 13.5. The minimum absolute atomic E-state index is 0.185. The number of nitrogen functional groups attached to an aromatic ring is 1. The van der Waals surface area contributed by atoms with Crippen molar-refractivity contribution in [3.05, 3.63) is 6.33 Å². The van der Waals surface area contributed by atoms with Crippen molar-refractivity contribution in [2.24, 2.45) is 5.92 Å². The fourth-order valence-electron chi connectivity index (χ4n) is 2.75. The summed E-state index contributed by atoms with van der Waals surface area (Å²) in [7, 11) is 0. The van der Waals surface area contributed by atoms with Crippen LogP contribution in [0.15, 0.2) is 6.33 Å². The van der Waals surface area contributed by atoms with Crippen molar-refractivity contribution in [2.45, 2.75) is 51.0 Å². The highest BCUT2D eigenvalue weighted by Crippen LogP contribution is 2.30. The molecule has 1 atom stereocenters. The second-order valence-electron chi connectivity index (χ2n) is 5.73. The van der Waals surface area contributed by atoms with Crippen molar-refractivity contribution in [3.63, 3.8) is 0 Å². The zero-order valence-electron chi connectivity index (χ0n) is 11.5. The van der Waals surface area contributed by atoms with E-state index in [0.717, 1.165) is 6.42 Å². The van der Waals surface area contributed by atoms with Crippen LogP contribution < -0.4 is 11.1 Å². The molecule has 6 heteroatoms. The van der Waals surface area contributed by atoms with Crippen LogP contribution in [0.1, 0.15) is 45.4 Å². The van der Waals surface area contributed by atoms with Crippen molar-refractivity contribution in [2.75, 3.05) is 17.6 Å². The molecule has 0 aliphatic heterocycles. The molecule has 19 heavy (non-hydrogen) atoms. The minimum Gasteiger partial charge on any atom is -0.388 e. The van der Waals surface area contributed by atoms with Crippen LogP contribution in [0, 0.1) is 5.92 Å². The lowest BCUT2D eigenvalue weighted by Crippen LogP contribution is -2.36. The first-order valence-electron chi connectivity index (χ1n) is 6.96. The molecule has 1 aromatic rings. The van der Waals surface area contributed by atoms with Crippen LogP contribution in [0.3, 0.4) is 0 Å². The molecule has 1 aliphatic carbocycles. The van der Waals surface area contributed by atoms with Crippen molar-refractivity contribution < 1.29 is 5.11 Å². The van der Waals surface area contributed by atoms with Gasteiger partial charge in [0.15, 0.2) is 0 Å². The number of aliphatic hydroxyl groups is 1. The third-order valence-corrected chi connectivity index (χ3v) is 3.67. The standard InChI is InChI=1S/C13H23N5O/c1-13(19,7-10-5-3-2-4-6-10)8-15-12-17-9-16-11(14)18-12/h9-10,19H,2-8H2,1H3,(H3,14,15,16,17,18). The highest BCUT2D eigenvalue weighted by atomic mass is 16.3. The Morgan fingerprint density at radius 1 is 1.37 bits per heavy atom. The smallest absolute Gasteiger partial charge is 0.227 e.